The van der Waals surface area contributed by atoms with Gasteiger partial charge in [-0.15, -0.1) is 11.3 Å². The Kier molecular flexibility index (Phi) is 5.33. The lowest BCUT2D eigenvalue weighted by Gasteiger charge is -2.32. The fraction of sp³-hybridized carbons (Fsp3) is 0.500. The lowest BCUT2D eigenvalue weighted by molar-refractivity contribution is -0.129. The number of hydrogen-bond donors (Lipinski definition) is 1. The van der Waals surface area contributed by atoms with E-state index in [4.69, 9.17) is 0 Å². The summed E-state index contributed by atoms with van der Waals surface area (Å²) in [6.45, 7) is 8.14. The molecule has 3 heterocycles. The second-order valence-corrected chi connectivity index (χ2v) is 8.11. The fourth-order valence-corrected chi connectivity index (χ4v) is 4.62. The van der Waals surface area contributed by atoms with Crippen LogP contribution in [0.3, 0.4) is 0 Å². The number of nitrogens with zero attached hydrogens (tertiary/aromatic N) is 3. The first kappa shape index (κ1) is 17.6. The number of aromatic nitrogens is 1. The van der Waals surface area contributed by atoms with Gasteiger partial charge < -0.3 is 10.2 Å². The van der Waals surface area contributed by atoms with E-state index in [1.54, 1.807) is 11.3 Å². The van der Waals surface area contributed by atoms with E-state index in [2.05, 4.69) is 46.4 Å². The Morgan fingerprint density at radius 2 is 2.00 bits per heavy atom. The number of nitrogens with one attached hydrogen (secondary N) is 1. The van der Waals surface area contributed by atoms with E-state index in [0.717, 1.165) is 62.0 Å². The number of thiazole rings is 1. The first-order valence-electron chi connectivity index (χ1n) is 9.43. The topological polar surface area (TPSA) is 48.5 Å². The molecule has 0 bridgehead atoms. The Balaban J connectivity index is 1.34. The quantitative estimate of drug-likeness (QED) is 0.896. The van der Waals surface area contributed by atoms with Gasteiger partial charge in [0, 0.05) is 56.3 Å². The molecular formula is C20H26N4OS. The highest BCUT2D eigenvalue weighted by molar-refractivity contribution is 7.13. The molecule has 6 heteroatoms. The molecule has 2 fully saturated rings. The molecule has 2 aliphatic rings. The van der Waals surface area contributed by atoms with Crippen molar-refractivity contribution < 1.29 is 4.79 Å². The normalized spacial score (nSPS) is 21.3. The van der Waals surface area contributed by atoms with Crippen molar-refractivity contribution in [3.8, 4) is 10.6 Å². The van der Waals surface area contributed by atoms with Crippen LogP contribution in [0.15, 0.2) is 29.6 Å². The molecule has 0 saturated carbocycles. The Hall–Kier alpha value is -1.76. The smallest absolute Gasteiger partial charge is 0.228 e. The number of piperazine rings is 1. The lowest BCUT2D eigenvalue weighted by atomic mass is 10.2. The Morgan fingerprint density at radius 3 is 2.77 bits per heavy atom. The minimum Gasteiger partial charge on any atom is -0.341 e. The van der Waals surface area contributed by atoms with E-state index in [1.807, 2.05) is 10.3 Å². The maximum absolute atomic E-state index is 12.7. The van der Waals surface area contributed by atoms with Crippen molar-refractivity contribution in [3.05, 3.63) is 40.9 Å². The van der Waals surface area contributed by atoms with Gasteiger partial charge in [0.15, 0.2) is 0 Å². The molecule has 1 aromatic heterocycles. The largest absolute Gasteiger partial charge is 0.341 e. The van der Waals surface area contributed by atoms with Crippen molar-refractivity contribution in [1.29, 1.82) is 0 Å². The molecule has 1 aromatic carbocycles. The van der Waals surface area contributed by atoms with Crippen LogP contribution in [0, 0.1) is 6.92 Å². The Morgan fingerprint density at radius 1 is 1.23 bits per heavy atom. The van der Waals surface area contributed by atoms with Gasteiger partial charge in [-0.25, -0.2) is 4.98 Å². The van der Waals surface area contributed by atoms with Crippen LogP contribution in [0.2, 0.25) is 0 Å². The molecule has 5 nitrogen and oxygen atoms in total. The summed E-state index contributed by atoms with van der Waals surface area (Å²) in [5.74, 6) is 0.211. The number of aryl methyl sites for hydroxylation is 1. The number of likely N-dealkylation sites (tertiary alicyclic amines) is 1. The molecule has 1 atom stereocenters. The maximum Gasteiger partial charge on any atom is 0.228 e. The SMILES string of the molecule is Cc1ccc(-c2nc(CC(=O)N3CCC(N4CCNCC4)C3)cs2)cc1. The Labute approximate surface area is 159 Å². The summed E-state index contributed by atoms with van der Waals surface area (Å²) in [6.07, 6.45) is 1.51. The van der Waals surface area contributed by atoms with Gasteiger partial charge in [0.1, 0.15) is 5.01 Å². The van der Waals surface area contributed by atoms with Crippen molar-refractivity contribution in [1.82, 2.24) is 20.1 Å². The van der Waals surface area contributed by atoms with Gasteiger partial charge in [-0.3, -0.25) is 9.69 Å². The van der Waals surface area contributed by atoms with Crippen LogP contribution >= 0.6 is 11.3 Å². The molecule has 2 aliphatic heterocycles. The second kappa shape index (κ2) is 7.86. The van der Waals surface area contributed by atoms with Gasteiger partial charge in [-0.1, -0.05) is 29.8 Å². The summed E-state index contributed by atoms with van der Waals surface area (Å²) >= 11 is 1.62. The van der Waals surface area contributed by atoms with Crippen molar-refractivity contribution in [3.63, 3.8) is 0 Å². The van der Waals surface area contributed by atoms with E-state index in [-0.39, 0.29) is 5.91 Å². The van der Waals surface area contributed by atoms with Crippen molar-refractivity contribution in [2.75, 3.05) is 39.3 Å². The van der Waals surface area contributed by atoms with E-state index < -0.39 is 0 Å². The van der Waals surface area contributed by atoms with Crippen LogP contribution in [-0.2, 0) is 11.2 Å². The first-order chi connectivity index (χ1) is 12.7. The van der Waals surface area contributed by atoms with Crippen LogP contribution in [0.5, 0.6) is 0 Å². The standard InChI is InChI=1S/C20H26N4OS/c1-15-2-4-16(5-3-15)20-22-17(14-26-20)12-19(25)24-9-6-18(13-24)23-10-7-21-8-11-23/h2-5,14,18,21H,6-13H2,1H3. The van der Waals surface area contributed by atoms with E-state index in [0.29, 0.717) is 12.5 Å². The summed E-state index contributed by atoms with van der Waals surface area (Å²) in [7, 11) is 0. The second-order valence-electron chi connectivity index (χ2n) is 7.26. The molecule has 2 saturated heterocycles. The monoisotopic (exact) mass is 370 g/mol. The molecule has 26 heavy (non-hydrogen) atoms. The number of amides is 1. The van der Waals surface area contributed by atoms with Crippen molar-refractivity contribution >= 4 is 17.2 Å². The number of carbonyl (C=O) groups is 1. The number of benzene rings is 1. The van der Waals surface area contributed by atoms with E-state index >= 15 is 0 Å². The molecule has 0 aliphatic carbocycles. The van der Waals surface area contributed by atoms with Gasteiger partial charge in [0.2, 0.25) is 5.91 Å². The highest BCUT2D eigenvalue weighted by Gasteiger charge is 2.31. The molecule has 0 spiro atoms. The van der Waals surface area contributed by atoms with Crippen molar-refractivity contribution in [2.45, 2.75) is 25.8 Å². The molecule has 138 valence electrons. The summed E-state index contributed by atoms with van der Waals surface area (Å²) in [5, 5.41) is 6.41. The zero-order valence-corrected chi connectivity index (χ0v) is 16.1. The van der Waals surface area contributed by atoms with Gasteiger partial charge >= 0.3 is 0 Å². The zero-order chi connectivity index (χ0) is 17.9. The summed E-state index contributed by atoms with van der Waals surface area (Å²) in [4.78, 5) is 21.9. The van der Waals surface area contributed by atoms with E-state index in [9.17, 15) is 4.79 Å². The van der Waals surface area contributed by atoms with Gasteiger partial charge in [-0.2, -0.15) is 0 Å². The number of carbonyl (C=O) groups excluding carboxylic acids is 1. The third kappa shape index (κ3) is 3.98. The maximum atomic E-state index is 12.7. The first-order valence-corrected chi connectivity index (χ1v) is 10.3. The molecule has 1 amide bonds. The minimum absolute atomic E-state index is 0.211. The predicted molar refractivity (Wildman–Crippen MR) is 105 cm³/mol. The summed E-state index contributed by atoms with van der Waals surface area (Å²) < 4.78 is 0. The predicted octanol–water partition coefficient (Wildman–Crippen LogP) is 2.17. The van der Waals surface area contributed by atoms with Crippen LogP contribution in [-0.4, -0.2) is 66.0 Å². The molecular weight excluding hydrogens is 344 g/mol. The Bertz CT molecular complexity index is 751. The van der Waals surface area contributed by atoms with Gasteiger partial charge in [0.05, 0.1) is 12.1 Å². The average molecular weight is 371 g/mol. The molecule has 1 N–H and O–H groups in total. The fourth-order valence-electron chi connectivity index (χ4n) is 3.80. The molecule has 4 rings (SSSR count). The molecule has 1 unspecified atom stereocenters. The molecule has 0 radical (unpaired) electrons. The number of hydrogen-bond acceptors (Lipinski definition) is 5. The van der Waals surface area contributed by atoms with Crippen LogP contribution in [0.4, 0.5) is 0 Å². The highest BCUT2D eigenvalue weighted by Crippen LogP contribution is 2.25. The average Bonchev–Trinajstić information content (AvgIpc) is 3.33. The van der Waals surface area contributed by atoms with Crippen LogP contribution < -0.4 is 5.32 Å². The van der Waals surface area contributed by atoms with Crippen LogP contribution in [0.25, 0.3) is 10.6 Å². The minimum atomic E-state index is 0.211. The zero-order valence-electron chi connectivity index (χ0n) is 15.3. The third-order valence-corrected chi connectivity index (χ3v) is 6.31. The van der Waals surface area contributed by atoms with E-state index in [1.165, 1.54) is 5.56 Å². The van der Waals surface area contributed by atoms with Gasteiger partial charge in [-0.05, 0) is 13.3 Å². The van der Waals surface area contributed by atoms with Crippen LogP contribution in [0.1, 0.15) is 17.7 Å². The van der Waals surface area contributed by atoms with Gasteiger partial charge in [0.25, 0.3) is 0 Å². The summed E-state index contributed by atoms with van der Waals surface area (Å²) in [6, 6.07) is 8.92. The molecule has 2 aromatic rings. The van der Waals surface area contributed by atoms with Crippen molar-refractivity contribution in [2.24, 2.45) is 0 Å². The number of rotatable bonds is 4. The highest BCUT2D eigenvalue weighted by atomic mass is 32.1. The lowest BCUT2D eigenvalue weighted by Crippen LogP contribution is -2.49. The third-order valence-electron chi connectivity index (χ3n) is 5.37. The summed E-state index contributed by atoms with van der Waals surface area (Å²) in [5.41, 5.74) is 3.26.